The third-order valence-corrected chi connectivity index (χ3v) is 4.58. The highest BCUT2D eigenvalue weighted by molar-refractivity contribution is 6.03. The van der Waals surface area contributed by atoms with Crippen molar-refractivity contribution in [2.75, 3.05) is 7.05 Å². The molecule has 4 heteroatoms. The minimum atomic E-state index is -0.117. The summed E-state index contributed by atoms with van der Waals surface area (Å²) in [7, 11) is 1.62. The third kappa shape index (κ3) is 2.56. The van der Waals surface area contributed by atoms with E-state index < -0.39 is 0 Å². The standard InChI is InChI=1S/C22H17NO3/c1-13-11-14(22(25)23-2)7-9-16(13)21-17-5-3-4-6-19(17)26-20-12-15(24)8-10-18(20)21/h3-12H,1-2H3,(H,23,25). The van der Waals surface area contributed by atoms with Gasteiger partial charge in [-0.3, -0.25) is 9.59 Å². The fourth-order valence-electron chi connectivity index (χ4n) is 3.34. The molecule has 1 aliphatic carbocycles. The maximum absolute atomic E-state index is 11.9. The van der Waals surface area contributed by atoms with Gasteiger partial charge in [0.1, 0.15) is 11.3 Å². The molecule has 0 saturated carbocycles. The Labute approximate surface area is 150 Å². The lowest BCUT2D eigenvalue weighted by atomic mass is 9.90. The van der Waals surface area contributed by atoms with Gasteiger partial charge >= 0.3 is 0 Å². The fourth-order valence-corrected chi connectivity index (χ4v) is 3.34. The summed E-state index contributed by atoms with van der Waals surface area (Å²) in [6.07, 6.45) is 0. The largest absolute Gasteiger partial charge is 0.456 e. The van der Waals surface area contributed by atoms with Crippen LogP contribution in [0.2, 0.25) is 0 Å². The van der Waals surface area contributed by atoms with Crippen LogP contribution in [0.1, 0.15) is 15.9 Å². The highest BCUT2D eigenvalue weighted by atomic mass is 16.3. The van der Waals surface area contributed by atoms with Crippen LogP contribution in [0, 0.1) is 6.92 Å². The van der Waals surface area contributed by atoms with E-state index in [2.05, 4.69) is 5.32 Å². The number of aryl methyl sites for hydroxylation is 1. The van der Waals surface area contributed by atoms with Gasteiger partial charge in [0.15, 0.2) is 5.43 Å². The highest BCUT2D eigenvalue weighted by Gasteiger charge is 2.18. The summed E-state index contributed by atoms with van der Waals surface area (Å²) in [6.45, 7) is 1.98. The molecule has 0 unspecified atom stereocenters. The summed E-state index contributed by atoms with van der Waals surface area (Å²) in [6, 6.07) is 18.3. The second kappa shape index (κ2) is 6.15. The normalized spacial score (nSPS) is 11.0. The van der Waals surface area contributed by atoms with Crippen molar-refractivity contribution in [2.45, 2.75) is 6.92 Å². The van der Waals surface area contributed by atoms with Crippen LogP contribution >= 0.6 is 0 Å². The molecule has 2 aromatic rings. The zero-order valence-electron chi connectivity index (χ0n) is 14.5. The second-order valence-electron chi connectivity index (χ2n) is 6.24. The lowest BCUT2D eigenvalue weighted by molar-refractivity contribution is 0.0963. The molecular formula is C22H17NO3. The summed E-state index contributed by atoms with van der Waals surface area (Å²) >= 11 is 0. The minimum absolute atomic E-state index is 0.0887. The number of para-hydroxylation sites is 1. The molecule has 1 heterocycles. The summed E-state index contributed by atoms with van der Waals surface area (Å²) in [5.74, 6) is 0.439. The van der Waals surface area contributed by atoms with Crippen molar-refractivity contribution in [3.63, 3.8) is 0 Å². The van der Waals surface area contributed by atoms with Gasteiger partial charge in [0.25, 0.3) is 5.91 Å². The first-order valence-electron chi connectivity index (χ1n) is 8.37. The van der Waals surface area contributed by atoms with Crippen LogP contribution in [-0.4, -0.2) is 13.0 Å². The molecule has 0 bridgehead atoms. The van der Waals surface area contributed by atoms with Crippen molar-refractivity contribution in [3.05, 3.63) is 82.0 Å². The third-order valence-electron chi connectivity index (χ3n) is 4.58. The molecule has 1 aliphatic heterocycles. The van der Waals surface area contributed by atoms with Crippen molar-refractivity contribution >= 4 is 16.9 Å². The number of hydrogen-bond acceptors (Lipinski definition) is 3. The van der Waals surface area contributed by atoms with Gasteiger partial charge in [0, 0.05) is 35.2 Å². The molecule has 2 aliphatic rings. The second-order valence-corrected chi connectivity index (χ2v) is 6.24. The van der Waals surface area contributed by atoms with Gasteiger partial charge < -0.3 is 9.73 Å². The van der Waals surface area contributed by atoms with Gasteiger partial charge in [-0.15, -0.1) is 0 Å². The summed E-state index contributed by atoms with van der Waals surface area (Å²) in [5.41, 5.74) is 5.11. The minimum Gasteiger partial charge on any atom is -0.456 e. The molecule has 0 spiro atoms. The van der Waals surface area contributed by atoms with Crippen LogP contribution in [-0.2, 0) is 0 Å². The van der Waals surface area contributed by atoms with E-state index >= 15 is 0 Å². The summed E-state index contributed by atoms with van der Waals surface area (Å²) < 4.78 is 5.94. The average molecular weight is 343 g/mol. The van der Waals surface area contributed by atoms with Gasteiger partial charge in [-0.25, -0.2) is 0 Å². The van der Waals surface area contributed by atoms with Crippen molar-refractivity contribution in [2.24, 2.45) is 0 Å². The Hall–Kier alpha value is -3.40. The Bertz CT molecular complexity index is 1170. The van der Waals surface area contributed by atoms with Gasteiger partial charge in [0.05, 0.1) is 0 Å². The van der Waals surface area contributed by atoms with Gasteiger partial charge in [-0.1, -0.05) is 24.3 Å². The maximum Gasteiger partial charge on any atom is 0.251 e. The molecule has 4 rings (SSSR count). The van der Waals surface area contributed by atoms with E-state index in [-0.39, 0.29) is 11.3 Å². The van der Waals surface area contributed by atoms with Crippen LogP contribution in [0.15, 0.2) is 69.9 Å². The quantitative estimate of drug-likeness (QED) is 0.554. The van der Waals surface area contributed by atoms with Crippen molar-refractivity contribution in [1.82, 2.24) is 5.32 Å². The Kier molecular flexibility index (Phi) is 3.81. The molecule has 1 N–H and O–H groups in total. The average Bonchev–Trinajstić information content (AvgIpc) is 2.65. The van der Waals surface area contributed by atoms with E-state index in [0.29, 0.717) is 11.3 Å². The molecule has 0 atom stereocenters. The maximum atomic E-state index is 11.9. The molecule has 128 valence electrons. The summed E-state index contributed by atoms with van der Waals surface area (Å²) in [5, 5.41) is 3.61. The molecule has 0 fully saturated rings. The Morgan fingerprint density at radius 2 is 1.73 bits per heavy atom. The molecule has 26 heavy (non-hydrogen) atoms. The van der Waals surface area contributed by atoms with Crippen LogP contribution in [0.25, 0.3) is 33.4 Å². The van der Waals surface area contributed by atoms with E-state index in [1.165, 1.54) is 6.07 Å². The first-order chi connectivity index (χ1) is 12.6. The van der Waals surface area contributed by atoms with Crippen LogP contribution in [0.5, 0.6) is 0 Å². The van der Waals surface area contributed by atoms with E-state index in [0.717, 1.165) is 33.2 Å². The number of amides is 1. The van der Waals surface area contributed by atoms with Crippen LogP contribution < -0.4 is 10.7 Å². The number of carbonyl (C=O) groups is 1. The Morgan fingerprint density at radius 1 is 0.962 bits per heavy atom. The lowest BCUT2D eigenvalue weighted by Crippen LogP contribution is -2.17. The Balaban J connectivity index is 2.07. The van der Waals surface area contributed by atoms with E-state index in [1.807, 2.05) is 49.4 Å². The summed E-state index contributed by atoms with van der Waals surface area (Å²) in [4.78, 5) is 23.7. The van der Waals surface area contributed by atoms with Crippen molar-refractivity contribution < 1.29 is 9.21 Å². The molecule has 0 radical (unpaired) electrons. The predicted octanol–water partition coefficient (Wildman–Crippen LogP) is 4.23. The predicted molar refractivity (Wildman–Crippen MR) is 103 cm³/mol. The topological polar surface area (TPSA) is 59.3 Å². The van der Waals surface area contributed by atoms with Crippen LogP contribution in [0.3, 0.4) is 0 Å². The van der Waals surface area contributed by atoms with Crippen LogP contribution in [0.4, 0.5) is 0 Å². The zero-order chi connectivity index (χ0) is 18.3. The van der Waals surface area contributed by atoms with Crippen molar-refractivity contribution in [3.8, 4) is 22.5 Å². The molecule has 0 aromatic heterocycles. The number of hydrogen-bond donors (Lipinski definition) is 1. The number of nitrogens with one attached hydrogen (secondary N) is 1. The van der Waals surface area contributed by atoms with Gasteiger partial charge in [-0.2, -0.15) is 0 Å². The molecule has 0 saturated heterocycles. The monoisotopic (exact) mass is 343 g/mol. The first-order valence-corrected chi connectivity index (χ1v) is 8.37. The van der Waals surface area contributed by atoms with E-state index in [4.69, 9.17) is 4.42 Å². The molecule has 4 nitrogen and oxygen atoms in total. The number of fused-ring (bicyclic) bond motifs is 2. The molecule has 1 amide bonds. The molecular weight excluding hydrogens is 326 g/mol. The van der Waals surface area contributed by atoms with E-state index in [1.54, 1.807) is 19.2 Å². The first kappa shape index (κ1) is 16.1. The Morgan fingerprint density at radius 3 is 2.50 bits per heavy atom. The molecule has 2 aromatic carbocycles. The zero-order valence-corrected chi connectivity index (χ0v) is 14.5. The number of rotatable bonds is 2. The number of carbonyl (C=O) groups excluding carboxylic acids is 1. The van der Waals surface area contributed by atoms with Gasteiger partial charge in [-0.05, 0) is 48.4 Å². The van der Waals surface area contributed by atoms with Gasteiger partial charge in [0.2, 0.25) is 0 Å². The lowest BCUT2D eigenvalue weighted by Gasteiger charge is -2.17. The highest BCUT2D eigenvalue weighted by Crippen LogP contribution is 2.40. The number of benzene rings is 3. The fraction of sp³-hybridized carbons (Fsp3) is 0.0909. The SMILES string of the molecule is CNC(=O)c1ccc(-c2c3ccc(=O)cc-3oc3ccccc23)c(C)c1. The smallest absolute Gasteiger partial charge is 0.251 e. The van der Waals surface area contributed by atoms with E-state index in [9.17, 15) is 9.59 Å². The van der Waals surface area contributed by atoms with Crippen molar-refractivity contribution in [1.29, 1.82) is 0 Å².